The van der Waals surface area contributed by atoms with Crippen molar-refractivity contribution in [1.82, 2.24) is 9.78 Å². The third-order valence-electron chi connectivity index (χ3n) is 3.01. The van der Waals surface area contributed by atoms with Crippen LogP contribution in [0, 0.1) is 6.92 Å². The number of aromatic nitrogens is 2. The highest BCUT2D eigenvalue weighted by Gasteiger charge is 2.30. The monoisotopic (exact) mass is 194 g/mol. The molecule has 1 aliphatic carbocycles. The number of fused-ring (bicyclic) bond motifs is 1. The average molecular weight is 194 g/mol. The highest BCUT2D eigenvalue weighted by atomic mass is 16.4. The Hall–Kier alpha value is -1.32. The SMILES string of the molecule is Cc1c2c(nn1C)CCCC2C(=O)O. The number of carboxylic acid groups (broad SMARTS) is 1. The van der Waals surface area contributed by atoms with E-state index in [1.54, 1.807) is 4.68 Å². The Labute approximate surface area is 82.5 Å². The van der Waals surface area contributed by atoms with E-state index in [-0.39, 0.29) is 5.92 Å². The zero-order valence-electron chi connectivity index (χ0n) is 8.45. The summed E-state index contributed by atoms with van der Waals surface area (Å²) in [4.78, 5) is 11.0. The summed E-state index contributed by atoms with van der Waals surface area (Å²) in [5.41, 5.74) is 2.92. The lowest BCUT2D eigenvalue weighted by Gasteiger charge is -2.18. The minimum absolute atomic E-state index is 0.340. The van der Waals surface area contributed by atoms with Gasteiger partial charge in [0.25, 0.3) is 0 Å². The van der Waals surface area contributed by atoms with Crippen molar-refractivity contribution >= 4 is 5.97 Å². The van der Waals surface area contributed by atoms with Crippen LogP contribution in [0.15, 0.2) is 0 Å². The van der Waals surface area contributed by atoms with Crippen LogP contribution in [0.1, 0.15) is 35.7 Å². The van der Waals surface area contributed by atoms with Crippen LogP contribution in [0.3, 0.4) is 0 Å². The maximum Gasteiger partial charge on any atom is 0.311 e. The minimum Gasteiger partial charge on any atom is -0.481 e. The minimum atomic E-state index is -0.720. The predicted molar refractivity (Wildman–Crippen MR) is 51.3 cm³/mol. The van der Waals surface area contributed by atoms with E-state index < -0.39 is 5.97 Å². The topological polar surface area (TPSA) is 55.1 Å². The molecule has 0 fully saturated rings. The number of aliphatic carboxylic acids is 1. The zero-order valence-corrected chi connectivity index (χ0v) is 8.45. The second kappa shape index (κ2) is 3.12. The molecule has 1 unspecified atom stereocenters. The maximum absolute atomic E-state index is 11.0. The van der Waals surface area contributed by atoms with Crippen molar-refractivity contribution in [1.29, 1.82) is 0 Å². The lowest BCUT2D eigenvalue weighted by molar-refractivity contribution is -0.139. The molecule has 1 aromatic heterocycles. The Morgan fingerprint density at radius 3 is 3.00 bits per heavy atom. The van der Waals surface area contributed by atoms with Gasteiger partial charge >= 0.3 is 5.97 Å². The summed E-state index contributed by atoms with van der Waals surface area (Å²) in [6.07, 6.45) is 2.59. The largest absolute Gasteiger partial charge is 0.481 e. The molecule has 14 heavy (non-hydrogen) atoms. The van der Waals surface area contributed by atoms with Crippen LogP contribution in [-0.4, -0.2) is 20.9 Å². The fraction of sp³-hybridized carbons (Fsp3) is 0.600. The Bertz CT molecular complexity index is 382. The van der Waals surface area contributed by atoms with Crippen LogP contribution in [0.5, 0.6) is 0 Å². The van der Waals surface area contributed by atoms with E-state index in [4.69, 9.17) is 5.11 Å². The van der Waals surface area contributed by atoms with Gasteiger partial charge in [0.2, 0.25) is 0 Å². The second-order valence-electron chi connectivity index (χ2n) is 3.85. The lowest BCUT2D eigenvalue weighted by atomic mass is 9.85. The molecule has 1 N–H and O–H groups in total. The first-order valence-electron chi connectivity index (χ1n) is 4.86. The summed E-state index contributed by atoms with van der Waals surface area (Å²) in [6.45, 7) is 1.94. The van der Waals surface area contributed by atoms with Crippen LogP contribution in [0.4, 0.5) is 0 Å². The first kappa shape index (κ1) is 9.24. The number of carbonyl (C=O) groups is 1. The summed E-state index contributed by atoms with van der Waals surface area (Å²) >= 11 is 0. The van der Waals surface area contributed by atoms with Gasteiger partial charge in [0.15, 0.2) is 0 Å². The Morgan fingerprint density at radius 2 is 2.36 bits per heavy atom. The Kier molecular flexibility index (Phi) is 2.06. The molecule has 4 heteroatoms. The number of hydrogen-bond donors (Lipinski definition) is 1. The molecule has 1 aromatic rings. The van der Waals surface area contributed by atoms with Crippen LogP contribution >= 0.6 is 0 Å². The Morgan fingerprint density at radius 1 is 1.64 bits per heavy atom. The van der Waals surface area contributed by atoms with Crippen molar-refractivity contribution in [2.24, 2.45) is 7.05 Å². The summed E-state index contributed by atoms with van der Waals surface area (Å²) < 4.78 is 1.78. The van der Waals surface area contributed by atoms with E-state index in [1.165, 1.54) is 0 Å². The van der Waals surface area contributed by atoms with Crippen LogP contribution in [0.2, 0.25) is 0 Å². The van der Waals surface area contributed by atoms with E-state index in [0.717, 1.165) is 36.2 Å². The predicted octanol–water partition coefficient (Wildman–Crippen LogP) is 1.23. The second-order valence-corrected chi connectivity index (χ2v) is 3.85. The fourth-order valence-electron chi connectivity index (χ4n) is 2.20. The normalized spacial score (nSPS) is 20.6. The number of hydrogen-bond acceptors (Lipinski definition) is 2. The van der Waals surface area contributed by atoms with Gasteiger partial charge in [-0.2, -0.15) is 5.10 Å². The molecule has 4 nitrogen and oxygen atoms in total. The van der Waals surface area contributed by atoms with E-state index in [2.05, 4.69) is 5.10 Å². The van der Waals surface area contributed by atoms with Crippen molar-refractivity contribution in [3.8, 4) is 0 Å². The van der Waals surface area contributed by atoms with Crippen molar-refractivity contribution in [3.63, 3.8) is 0 Å². The summed E-state index contributed by atoms with van der Waals surface area (Å²) in [5, 5.41) is 13.4. The van der Waals surface area contributed by atoms with Gasteiger partial charge < -0.3 is 5.11 Å². The molecule has 0 saturated heterocycles. The molecule has 2 rings (SSSR count). The van der Waals surface area contributed by atoms with Crippen molar-refractivity contribution in [2.75, 3.05) is 0 Å². The van der Waals surface area contributed by atoms with Gasteiger partial charge in [-0.05, 0) is 26.2 Å². The molecule has 0 radical (unpaired) electrons. The van der Waals surface area contributed by atoms with E-state index in [9.17, 15) is 4.79 Å². The molecule has 0 bridgehead atoms. The van der Waals surface area contributed by atoms with E-state index >= 15 is 0 Å². The van der Waals surface area contributed by atoms with Gasteiger partial charge in [0, 0.05) is 18.3 Å². The van der Waals surface area contributed by atoms with E-state index in [1.807, 2.05) is 14.0 Å². The third kappa shape index (κ3) is 1.22. The lowest BCUT2D eigenvalue weighted by Crippen LogP contribution is -2.17. The average Bonchev–Trinajstić information content (AvgIpc) is 2.43. The molecule has 76 valence electrons. The zero-order chi connectivity index (χ0) is 10.3. The van der Waals surface area contributed by atoms with E-state index in [0.29, 0.717) is 0 Å². The van der Waals surface area contributed by atoms with Crippen molar-refractivity contribution in [3.05, 3.63) is 17.0 Å². The van der Waals surface area contributed by atoms with Crippen LogP contribution < -0.4 is 0 Å². The van der Waals surface area contributed by atoms with Crippen molar-refractivity contribution < 1.29 is 9.90 Å². The summed E-state index contributed by atoms with van der Waals surface area (Å²) in [6, 6.07) is 0. The molecule has 0 aliphatic heterocycles. The number of rotatable bonds is 1. The number of nitrogens with zero attached hydrogens (tertiary/aromatic N) is 2. The highest BCUT2D eigenvalue weighted by molar-refractivity contribution is 5.77. The molecule has 1 heterocycles. The van der Waals surface area contributed by atoms with Crippen molar-refractivity contribution in [2.45, 2.75) is 32.1 Å². The quantitative estimate of drug-likeness (QED) is 0.731. The van der Waals surface area contributed by atoms with Gasteiger partial charge in [0.1, 0.15) is 0 Å². The third-order valence-corrected chi connectivity index (χ3v) is 3.01. The molecule has 1 aliphatic rings. The van der Waals surface area contributed by atoms with Gasteiger partial charge in [-0.15, -0.1) is 0 Å². The number of carboxylic acids is 1. The van der Waals surface area contributed by atoms with Crippen LogP contribution in [-0.2, 0) is 18.3 Å². The van der Waals surface area contributed by atoms with Gasteiger partial charge in [-0.3, -0.25) is 9.48 Å². The number of aryl methyl sites for hydroxylation is 2. The molecular weight excluding hydrogens is 180 g/mol. The molecule has 0 spiro atoms. The van der Waals surface area contributed by atoms with Crippen LogP contribution in [0.25, 0.3) is 0 Å². The van der Waals surface area contributed by atoms with Gasteiger partial charge in [-0.25, -0.2) is 0 Å². The first-order valence-corrected chi connectivity index (χ1v) is 4.86. The first-order chi connectivity index (χ1) is 6.61. The summed E-state index contributed by atoms with van der Waals surface area (Å²) in [7, 11) is 1.87. The molecular formula is C10H14N2O2. The summed E-state index contributed by atoms with van der Waals surface area (Å²) in [5.74, 6) is -1.06. The van der Waals surface area contributed by atoms with Gasteiger partial charge in [-0.1, -0.05) is 0 Å². The van der Waals surface area contributed by atoms with Gasteiger partial charge in [0.05, 0.1) is 11.6 Å². The Balaban J connectivity index is 2.52. The maximum atomic E-state index is 11.0. The molecule has 0 saturated carbocycles. The smallest absolute Gasteiger partial charge is 0.311 e. The highest BCUT2D eigenvalue weighted by Crippen LogP contribution is 2.33. The fourth-order valence-corrected chi connectivity index (χ4v) is 2.20. The standard InChI is InChI=1S/C10H14N2O2/c1-6-9-7(10(13)14)4-3-5-8(9)11-12(6)2/h7H,3-5H2,1-2H3,(H,13,14). The molecule has 0 amide bonds. The molecule has 0 aromatic carbocycles. The molecule has 1 atom stereocenters.